The Bertz CT molecular complexity index is 295. The number of hydrogen-bond acceptors (Lipinski definition) is 3. The van der Waals surface area contributed by atoms with Gasteiger partial charge in [-0.25, -0.2) is 4.48 Å². The van der Waals surface area contributed by atoms with Crippen molar-refractivity contribution in [2.45, 2.75) is 64.1 Å². The Morgan fingerprint density at radius 2 is 1.78 bits per heavy atom. The van der Waals surface area contributed by atoms with Crippen molar-refractivity contribution in [1.29, 1.82) is 0 Å². The van der Waals surface area contributed by atoms with Crippen molar-refractivity contribution in [1.82, 2.24) is 5.32 Å². The minimum atomic E-state index is -0.420. The normalized spacial score (nSPS) is 25.9. The van der Waals surface area contributed by atoms with Gasteiger partial charge in [-0.2, -0.15) is 4.79 Å². The van der Waals surface area contributed by atoms with Gasteiger partial charge in [-0.1, -0.05) is 6.42 Å². The van der Waals surface area contributed by atoms with Crippen LogP contribution in [0.5, 0.6) is 0 Å². The van der Waals surface area contributed by atoms with E-state index in [1.54, 1.807) is 0 Å². The Labute approximate surface area is 111 Å². The molecule has 2 atom stereocenters. The highest BCUT2D eigenvalue weighted by Gasteiger charge is 2.44. The molecule has 1 N–H and O–H groups in total. The van der Waals surface area contributed by atoms with E-state index in [1.807, 2.05) is 41.9 Å². The number of carbonyl (C=O) groups excluding carboxylic acids is 1. The van der Waals surface area contributed by atoms with Gasteiger partial charge in [0.05, 0.1) is 20.1 Å². The zero-order valence-corrected chi connectivity index (χ0v) is 12.7. The Hall–Kier alpha value is -0.610. The molecule has 1 aliphatic rings. The Morgan fingerprint density at radius 1 is 1.22 bits per heavy atom. The van der Waals surface area contributed by atoms with Gasteiger partial charge >= 0.3 is 6.09 Å². The van der Waals surface area contributed by atoms with Crippen LogP contribution < -0.4 is 5.32 Å². The van der Waals surface area contributed by atoms with Crippen LogP contribution in [0.1, 0.15) is 46.5 Å². The van der Waals surface area contributed by atoms with Gasteiger partial charge in [-0.15, -0.1) is 0 Å². The maximum absolute atomic E-state index is 12.4. The highest BCUT2D eigenvalue weighted by atomic mass is 16.6. The van der Waals surface area contributed by atoms with E-state index < -0.39 is 5.60 Å². The molecule has 1 fully saturated rings. The third-order valence-corrected chi connectivity index (χ3v) is 3.79. The van der Waals surface area contributed by atoms with Crippen molar-refractivity contribution in [3.8, 4) is 0 Å². The van der Waals surface area contributed by atoms with E-state index in [0.717, 1.165) is 12.8 Å². The number of hydrogen-bond donors (Lipinski definition) is 1. The zero-order chi connectivity index (χ0) is 14.0. The van der Waals surface area contributed by atoms with Gasteiger partial charge in [-0.05, 0) is 40.7 Å². The Morgan fingerprint density at radius 3 is 2.28 bits per heavy atom. The molecule has 1 rings (SSSR count). The first-order valence-electron chi connectivity index (χ1n) is 6.93. The van der Waals surface area contributed by atoms with Crippen LogP contribution in [-0.4, -0.2) is 49.4 Å². The molecule has 4 nitrogen and oxygen atoms in total. The maximum atomic E-state index is 12.4. The van der Waals surface area contributed by atoms with E-state index in [0.29, 0.717) is 16.6 Å². The van der Waals surface area contributed by atoms with Crippen LogP contribution >= 0.6 is 0 Å². The first-order valence-corrected chi connectivity index (χ1v) is 6.93. The molecule has 0 saturated heterocycles. The zero-order valence-electron chi connectivity index (χ0n) is 12.7. The fourth-order valence-corrected chi connectivity index (χ4v) is 2.74. The van der Waals surface area contributed by atoms with Gasteiger partial charge in [0.2, 0.25) is 0 Å². The number of quaternary nitrogens is 1. The summed E-state index contributed by atoms with van der Waals surface area (Å²) in [7, 11) is 5.92. The summed E-state index contributed by atoms with van der Waals surface area (Å²) in [4.78, 5) is 12.4. The molecular formula is C14H29N2O2+. The van der Waals surface area contributed by atoms with Crippen LogP contribution in [0, 0.1) is 0 Å². The van der Waals surface area contributed by atoms with E-state index in [-0.39, 0.29) is 6.09 Å². The lowest BCUT2D eigenvalue weighted by atomic mass is 9.88. The molecule has 0 bridgehead atoms. The summed E-state index contributed by atoms with van der Waals surface area (Å²) in [6, 6.07) is 0.708. The molecule has 0 heterocycles. The number of nitrogens with zero attached hydrogens (tertiary/aromatic N) is 1. The SMILES string of the molecule is CNC1CCCCC1[N+](C)(C)C(=O)OC(C)(C)C. The summed E-state index contributed by atoms with van der Waals surface area (Å²) in [5.74, 6) is 0. The van der Waals surface area contributed by atoms with Crippen LogP contribution in [0.15, 0.2) is 0 Å². The molecule has 4 heteroatoms. The number of carbonyl (C=O) groups is 1. The first kappa shape index (κ1) is 15.4. The highest BCUT2D eigenvalue weighted by Crippen LogP contribution is 2.28. The lowest BCUT2D eigenvalue weighted by Gasteiger charge is -2.42. The minimum absolute atomic E-state index is 0.130. The average Bonchev–Trinajstić information content (AvgIpc) is 2.26. The second kappa shape index (κ2) is 5.57. The van der Waals surface area contributed by atoms with Crippen molar-refractivity contribution >= 4 is 6.09 Å². The van der Waals surface area contributed by atoms with Gasteiger partial charge < -0.3 is 10.1 Å². The summed E-state index contributed by atoms with van der Waals surface area (Å²) in [6.45, 7) is 5.75. The van der Waals surface area contributed by atoms with Crippen molar-refractivity contribution in [2.24, 2.45) is 0 Å². The predicted molar refractivity (Wildman–Crippen MR) is 73.4 cm³/mol. The second-order valence-electron chi connectivity index (χ2n) is 6.77. The third-order valence-electron chi connectivity index (χ3n) is 3.79. The molecule has 1 amide bonds. The monoisotopic (exact) mass is 257 g/mol. The molecule has 18 heavy (non-hydrogen) atoms. The molecule has 0 spiro atoms. The van der Waals surface area contributed by atoms with Gasteiger partial charge in [0.15, 0.2) is 0 Å². The summed E-state index contributed by atoms with van der Waals surface area (Å²) in [5.41, 5.74) is -0.420. The smallest absolute Gasteiger partial charge is 0.414 e. The van der Waals surface area contributed by atoms with Crippen molar-refractivity contribution in [3.63, 3.8) is 0 Å². The molecule has 1 saturated carbocycles. The van der Waals surface area contributed by atoms with Gasteiger partial charge in [0.25, 0.3) is 0 Å². The highest BCUT2D eigenvalue weighted by molar-refractivity contribution is 5.60. The molecule has 0 aromatic carbocycles. The Kier molecular flexibility index (Phi) is 4.78. The van der Waals surface area contributed by atoms with Crippen LogP contribution in [0.3, 0.4) is 0 Å². The third kappa shape index (κ3) is 3.69. The first-order chi connectivity index (χ1) is 8.18. The van der Waals surface area contributed by atoms with E-state index in [4.69, 9.17) is 4.74 Å². The van der Waals surface area contributed by atoms with Crippen molar-refractivity contribution in [2.75, 3.05) is 21.1 Å². The molecular weight excluding hydrogens is 228 g/mol. The van der Waals surface area contributed by atoms with E-state index in [9.17, 15) is 4.79 Å². The lowest BCUT2D eigenvalue weighted by Crippen LogP contribution is -2.62. The molecule has 2 unspecified atom stereocenters. The number of amides is 1. The van der Waals surface area contributed by atoms with Crippen LogP contribution in [0.4, 0.5) is 4.79 Å². The molecule has 0 aromatic rings. The van der Waals surface area contributed by atoms with Crippen LogP contribution in [0.2, 0.25) is 0 Å². The summed E-state index contributed by atoms with van der Waals surface area (Å²) < 4.78 is 5.86. The maximum Gasteiger partial charge on any atom is 0.516 e. The topological polar surface area (TPSA) is 38.3 Å². The summed E-state index contributed by atoms with van der Waals surface area (Å²) >= 11 is 0. The van der Waals surface area contributed by atoms with E-state index in [1.165, 1.54) is 12.8 Å². The molecule has 1 aliphatic carbocycles. The quantitative estimate of drug-likeness (QED) is 0.773. The summed E-state index contributed by atoms with van der Waals surface area (Å²) in [5, 5.41) is 3.35. The number of nitrogens with one attached hydrogen (secondary N) is 1. The van der Waals surface area contributed by atoms with E-state index in [2.05, 4.69) is 5.32 Å². The van der Waals surface area contributed by atoms with Crippen molar-refractivity contribution in [3.05, 3.63) is 0 Å². The standard InChI is InChI=1S/C14H29N2O2/c1-14(2,3)18-13(17)16(5,6)12-10-8-7-9-11(12)15-4/h11-12,15H,7-10H2,1-6H3/q+1. The fourth-order valence-electron chi connectivity index (χ4n) is 2.74. The molecule has 0 radical (unpaired) electrons. The average molecular weight is 257 g/mol. The number of ether oxygens (including phenoxy) is 1. The lowest BCUT2D eigenvalue weighted by molar-refractivity contribution is -0.847. The van der Waals surface area contributed by atoms with Crippen molar-refractivity contribution < 1.29 is 14.0 Å². The number of rotatable bonds is 2. The largest absolute Gasteiger partial charge is 0.516 e. The molecule has 106 valence electrons. The minimum Gasteiger partial charge on any atom is -0.414 e. The van der Waals surface area contributed by atoms with Crippen LogP contribution in [0.25, 0.3) is 0 Å². The fraction of sp³-hybridized carbons (Fsp3) is 0.929. The summed E-state index contributed by atoms with van der Waals surface area (Å²) in [6.07, 6.45) is 4.54. The van der Waals surface area contributed by atoms with Gasteiger partial charge in [0, 0.05) is 6.42 Å². The predicted octanol–water partition coefficient (Wildman–Crippen LogP) is 2.53. The Balaban J connectivity index is 2.79. The number of likely N-dealkylation sites (N-methyl/N-ethyl adjacent to an activating group) is 2. The molecule has 0 aromatic heterocycles. The van der Waals surface area contributed by atoms with Gasteiger partial charge in [0.1, 0.15) is 11.6 Å². The molecule has 0 aliphatic heterocycles. The second-order valence-corrected chi connectivity index (χ2v) is 6.77. The van der Waals surface area contributed by atoms with E-state index >= 15 is 0 Å². The van der Waals surface area contributed by atoms with Crippen LogP contribution in [-0.2, 0) is 4.74 Å². The van der Waals surface area contributed by atoms with Gasteiger partial charge in [-0.3, -0.25) is 0 Å².